The molecule has 2 amide bonds. The Balaban J connectivity index is 2.23. The summed E-state index contributed by atoms with van der Waals surface area (Å²) in [5.41, 5.74) is 0. The van der Waals surface area contributed by atoms with Gasteiger partial charge in [-0.1, -0.05) is 33.1 Å². The highest BCUT2D eigenvalue weighted by Crippen LogP contribution is 2.33. The average molecular weight is 280 g/mol. The first-order valence-electron chi connectivity index (χ1n) is 8.22. The number of piperazine rings is 1. The fourth-order valence-electron chi connectivity index (χ4n) is 3.93. The van der Waals surface area contributed by atoms with Crippen molar-refractivity contribution < 1.29 is 9.59 Å². The van der Waals surface area contributed by atoms with Crippen molar-refractivity contribution in [3.8, 4) is 0 Å². The van der Waals surface area contributed by atoms with Gasteiger partial charge in [-0.2, -0.15) is 0 Å². The summed E-state index contributed by atoms with van der Waals surface area (Å²) in [4.78, 5) is 26.7. The minimum absolute atomic E-state index is 0.0221. The number of rotatable bonds is 4. The van der Waals surface area contributed by atoms with Gasteiger partial charge in [-0.3, -0.25) is 9.59 Å². The molecule has 4 heteroatoms. The van der Waals surface area contributed by atoms with Crippen LogP contribution < -0.4 is 5.32 Å². The molecular weight excluding hydrogens is 252 g/mol. The molecule has 114 valence electrons. The third-order valence-corrected chi connectivity index (χ3v) is 4.98. The molecule has 1 aliphatic carbocycles. The standard InChI is InChI=1S/C16H28N2O2/c1-4-13(12-9-7-6-8-10-12)18-14(5-2)15(19)17-11(3)16(18)20/h11-14H,4-10H2,1-3H3,(H,17,19). The Hall–Kier alpha value is -1.06. The number of hydrogen-bond donors (Lipinski definition) is 1. The van der Waals surface area contributed by atoms with Gasteiger partial charge in [0.2, 0.25) is 11.8 Å². The molecule has 3 unspecified atom stereocenters. The van der Waals surface area contributed by atoms with Crippen LogP contribution in [0.3, 0.4) is 0 Å². The van der Waals surface area contributed by atoms with Crippen molar-refractivity contribution in [3.05, 3.63) is 0 Å². The first-order valence-corrected chi connectivity index (χ1v) is 8.22. The summed E-state index contributed by atoms with van der Waals surface area (Å²) in [5.74, 6) is 0.701. The van der Waals surface area contributed by atoms with Crippen LogP contribution in [0.15, 0.2) is 0 Å². The predicted molar refractivity (Wildman–Crippen MR) is 79.2 cm³/mol. The Bertz CT molecular complexity index is 363. The molecule has 2 fully saturated rings. The zero-order valence-corrected chi connectivity index (χ0v) is 13.0. The molecular formula is C16H28N2O2. The zero-order valence-electron chi connectivity index (χ0n) is 13.0. The number of amides is 2. The second-order valence-electron chi connectivity index (χ2n) is 6.27. The van der Waals surface area contributed by atoms with E-state index in [2.05, 4.69) is 12.2 Å². The molecule has 1 N–H and O–H groups in total. The summed E-state index contributed by atoms with van der Waals surface area (Å²) in [6, 6.07) is -0.408. The normalized spacial score (nSPS) is 30.2. The van der Waals surface area contributed by atoms with Crippen molar-refractivity contribution in [2.45, 2.75) is 83.8 Å². The molecule has 20 heavy (non-hydrogen) atoms. The van der Waals surface area contributed by atoms with Crippen LogP contribution in [0.25, 0.3) is 0 Å². The van der Waals surface area contributed by atoms with E-state index in [0.29, 0.717) is 12.3 Å². The van der Waals surface area contributed by atoms with Crippen LogP contribution in [0.5, 0.6) is 0 Å². The molecule has 3 atom stereocenters. The van der Waals surface area contributed by atoms with Crippen molar-refractivity contribution in [1.29, 1.82) is 0 Å². The Kier molecular flexibility index (Phi) is 5.06. The quantitative estimate of drug-likeness (QED) is 0.860. The van der Waals surface area contributed by atoms with E-state index in [0.717, 1.165) is 6.42 Å². The van der Waals surface area contributed by atoms with E-state index in [1.54, 1.807) is 6.92 Å². The fraction of sp³-hybridized carbons (Fsp3) is 0.875. The second-order valence-corrected chi connectivity index (χ2v) is 6.27. The van der Waals surface area contributed by atoms with Gasteiger partial charge >= 0.3 is 0 Å². The Labute approximate surface area is 122 Å². The van der Waals surface area contributed by atoms with Crippen LogP contribution in [-0.2, 0) is 9.59 Å². The second kappa shape index (κ2) is 6.59. The summed E-state index contributed by atoms with van der Waals surface area (Å²) in [6.45, 7) is 5.94. The van der Waals surface area contributed by atoms with Crippen LogP contribution in [0, 0.1) is 5.92 Å². The van der Waals surface area contributed by atoms with E-state index >= 15 is 0 Å². The molecule has 1 heterocycles. The molecule has 0 aromatic heterocycles. The molecule has 1 saturated heterocycles. The molecule has 2 rings (SSSR count). The lowest BCUT2D eigenvalue weighted by atomic mass is 9.81. The Morgan fingerprint density at radius 1 is 1.20 bits per heavy atom. The smallest absolute Gasteiger partial charge is 0.245 e. The van der Waals surface area contributed by atoms with E-state index < -0.39 is 0 Å². The first-order chi connectivity index (χ1) is 9.60. The largest absolute Gasteiger partial charge is 0.343 e. The Morgan fingerprint density at radius 2 is 1.85 bits per heavy atom. The predicted octanol–water partition coefficient (Wildman–Crippen LogP) is 2.47. The van der Waals surface area contributed by atoms with E-state index in [1.807, 2.05) is 11.8 Å². The van der Waals surface area contributed by atoms with Crippen molar-refractivity contribution in [2.24, 2.45) is 5.92 Å². The fourth-order valence-corrected chi connectivity index (χ4v) is 3.93. The lowest BCUT2D eigenvalue weighted by Crippen LogP contribution is -2.65. The molecule has 0 aromatic rings. The van der Waals surface area contributed by atoms with E-state index in [1.165, 1.54) is 32.1 Å². The minimum atomic E-state index is -0.372. The van der Waals surface area contributed by atoms with Gasteiger partial charge < -0.3 is 10.2 Å². The monoisotopic (exact) mass is 280 g/mol. The third-order valence-electron chi connectivity index (χ3n) is 4.98. The van der Waals surface area contributed by atoms with Gasteiger partial charge in [-0.15, -0.1) is 0 Å². The van der Waals surface area contributed by atoms with Gasteiger partial charge in [-0.05, 0) is 38.5 Å². The van der Waals surface area contributed by atoms with Crippen LogP contribution >= 0.6 is 0 Å². The summed E-state index contributed by atoms with van der Waals surface area (Å²) >= 11 is 0. The maximum atomic E-state index is 12.6. The molecule has 4 nitrogen and oxygen atoms in total. The van der Waals surface area contributed by atoms with E-state index in [9.17, 15) is 9.59 Å². The number of nitrogens with one attached hydrogen (secondary N) is 1. The third kappa shape index (κ3) is 2.84. The van der Waals surface area contributed by atoms with Crippen molar-refractivity contribution >= 4 is 11.8 Å². The summed E-state index contributed by atoms with van der Waals surface area (Å²) < 4.78 is 0. The summed E-state index contributed by atoms with van der Waals surface area (Å²) in [5, 5.41) is 2.81. The SMILES string of the molecule is CCC1C(=O)NC(C)C(=O)N1C(CC)C1CCCCC1. The average Bonchev–Trinajstić information content (AvgIpc) is 2.46. The van der Waals surface area contributed by atoms with Crippen molar-refractivity contribution in [2.75, 3.05) is 0 Å². The van der Waals surface area contributed by atoms with Crippen LogP contribution in [0.4, 0.5) is 0 Å². The minimum Gasteiger partial charge on any atom is -0.343 e. The van der Waals surface area contributed by atoms with Gasteiger partial charge in [0, 0.05) is 6.04 Å². The van der Waals surface area contributed by atoms with Gasteiger partial charge in [-0.25, -0.2) is 0 Å². The highest BCUT2D eigenvalue weighted by Gasteiger charge is 2.42. The highest BCUT2D eigenvalue weighted by atomic mass is 16.2. The maximum absolute atomic E-state index is 12.6. The number of carbonyl (C=O) groups is 2. The lowest BCUT2D eigenvalue weighted by molar-refractivity contribution is -0.153. The van der Waals surface area contributed by atoms with Gasteiger partial charge in [0.25, 0.3) is 0 Å². The van der Waals surface area contributed by atoms with Crippen LogP contribution in [-0.4, -0.2) is 34.8 Å². The zero-order chi connectivity index (χ0) is 14.7. The number of carbonyl (C=O) groups excluding carboxylic acids is 2. The number of nitrogens with zero attached hydrogens (tertiary/aromatic N) is 1. The molecule has 0 bridgehead atoms. The van der Waals surface area contributed by atoms with Crippen molar-refractivity contribution in [1.82, 2.24) is 10.2 Å². The lowest BCUT2D eigenvalue weighted by Gasteiger charge is -2.46. The topological polar surface area (TPSA) is 49.4 Å². The molecule has 0 aromatic carbocycles. The number of hydrogen-bond acceptors (Lipinski definition) is 2. The maximum Gasteiger partial charge on any atom is 0.245 e. The van der Waals surface area contributed by atoms with E-state index in [4.69, 9.17) is 0 Å². The molecule has 1 aliphatic heterocycles. The molecule has 2 aliphatic rings. The molecule has 1 saturated carbocycles. The first kappa shape index (κ1) is 15.3. The van der Waals surface area contributed by atoms with Crippen molar-refractivity contribution in [3.63, 3.8) is 0 Å². The summed E-state index contributed by atoms with van der Waals surface area (Å²) in [6.07, 6.45) is 7.91. The van der Waals surface area contributed by atoms with E-state index in [-0.39, 0.29) is 29.9 Å². The van der Waals surface area contributed by atoms with Gasteiger partial charge in [0.05, 0.1) is 0 Å². The molecule has 0 radical (unpaired) electrons. The Morgan fingerprint density at radius 3 is 2.40 bits per heavy atom. The van der Waals surface area contributed by atoms with Gasteiger partial charge in [0.15, 0.2) is 0 Å². The van der Waals surface area contributed by atoms with Crippen LogP contribution in [0.1, 0.15) is 65.7 Å². The van der Waals surface area contributed by atoms with Crippen LogP contribution in [0.2, 0.25) is 0 Å². The highest BCUT2D eigenvalue weighted by molar-refractivity contribution is 5.96. The molecule has 0 spiro atoms. The summed E-state index contributed by atoms with van der Waals surface area (Å²) in [7, 11) is 0. The van der Waals surface area contributed by atoms with Gasteiger partial charge in [0.1, 0.15) is 12.1 Å².